The van der Waals surface area contributed by atoms with Crippen LogP contribution in [0.5, 0.6) is 0 Å². The van der Waals surface area contributed by atoms with E-state index in [4.69, 9.17) is 5.73 Å². The number of aromatic nitrogens is 2. The van der Waals surface area contributed by atoms with Crippen molar-refractivity contribution in [3.63, 3.8) is 0 Å². The molecule has 0 saturated heterocycles. The SMILES string of the molecule is CON(C)C(=O)c1nccnc1N. The molecule has 0 radical (unpaired) electrons. The fraction of sp³-hybridized carbons (Fsp3) is 0.286. The zero-order chi connectivity index (χ0) is 9.84. The third-order valence-electron chi connectivity index (χ3n) is 1.49. The van der Waals surface area contributed by atoms with Crippen molar-refractivity contribution in [3.05, 3.63) is 18.1 Å². The lowest BCUT2D eigenvalue weighted by atomic mass is 10.4. The Morgan fingerprint density at radius 1 is 1.54 bits per heavy atom. The van der Waals surface area contributed by atoms with Gasteiger partial charge in [-0.1, -0.05) is 0 Å². The van der Waals surface area contributed by atoms with Crippen LogP contribution in [0.3, 0.4) is 0 Å². The molecule has 0 unspecified atom stereocenters. The van der Waals surface area contributed by atoms with Gasteiger partial charge in [-0.25, -0.2) is 15.0 Å². The molecule has 0 saturated carbocycles. The average Bonchev–Trinajstić information content (AvgIpc) is 2.16. The molecule has 1 aromatic rings. The maximum atomic E-state index is 11.4. The summed E-state index contributed by atoms with van der Waals surface area (Å²) in [5.41, 5.74) is 5.53. The van der Waals surface area contributed by atoms with E-state index in [1.807, 2.05) is 0 Å². The predicted molar refractivity (Wildman–Crippen MR) is 45.5 cm³/mol. The van der Waals surface area contributed by atoms with E-state index in [1.165, 1.54) is 26.6 Å². The first-order valence-corrected chi connectivity index (χ1v) is 3.55. The highest BCUT2D eigenvalue weighted by Gasteiger charge is 2.16. The number of hydroxylamine groups is 2. The highest BCUT2D eigenvalue weighted by Crippen LogP contribution is 2.05. The van der Waals surface area contributed by atoms with E-state index in [9.17, 15) is 4.79 Å². The second-order valence-electron chi connectivity index (χ2n) is 2.28. The van der Waals surface area contributed by atoms with Crippen molar-refractivity contribution in [2.24, 2.45) is 0 Å². The lowest BCUT2D eigenvalue weighted by Gasteiger charge is -2.12. The van der Waals surface area contributed by atoms with Crippen LogP contribution in [0, 0.1) is 0 Å². The zero-order valence-electron chi connectivity index (χ0n) is 7.39. The van der Waals surface area contributed by atoms with Crippen LogP contribution in [0.4, 0.5) is 5.82 Å². The summed E-state index contributed by atoms with van der Waals surface area (Å²) in [6.07, 6.45) is 2.81. The quantitative estimate of drug-likeness (QED) is 0.634. The minimum absolute atomic E-state index is 0.0897. The minimum atomic E-state index is -0.423. The summed E-state index contributed by atoms with van der Waals surface area (Å²) in [5.74, 6) is -0.329. The smallest absolute Gasteiger partial charge is 0.299 e. The van der Waals surface area contributed by atoms with Crippen LogP contribution in [0.25, 0.3) is 0 Å². The number of nitrogens with zero attached hydrogens (tertiary/aromatic N) is 3. The monoisotopic (exact) mass is 182 g/mol. The van der Waals surface area contributed by atoms with E-state index in [-0.39, 0.29) is 11.5 Å². The van der Waals surface area contributed by atoms with Gasteiger partial charge in [-0.15, -0.1) is 0 Å². The van der Waals surface area contributed by atoms with Crippen LogP contribution in [-0.4, -0.2) is 35.1 Å². The molecular formula is C7H10N4O2. The van der Waals surface area contributed by atoms with Gasteiger partial charge in [0.05, 0.1) is 7.11 Å². The third-order valence-corrected chi connectivity index (χ3v) is 1.49. The van der Waals surface area contributed by atoms with Crippen molar-refractivity contribution in [2.75, 3.05) is 19.9 Å². The van der Waals surface area contributed by atoms with Crippen molar-refractivity contribution >= 4 is 11.7 Å². The number of carbonyl (C=O) groups excluding carboxylic acids is 1. The molecule has 2 N–H and O–H groups in total. The molecule has 0 atom stereocenters. The fourth-order valence-corrected chi connectivity index (χ4v) is 0.746. The Balaban J connectivity index is 2.95. The number of amides is 1. The van der Waals surface area contributed by atoms with E-state index >= 15 is 0 Å². The van der Waals surface area contributed by atoms with Crippen LogP contribution in [0.15, 0.2) is 12.4 Å². The molecule has 1 amide bonds. The number of hydrogen-bond donors (Lipinski definition) is 1. The van der Waals surface area contributed by atoms with E-state index < -0.39 is 5.91 Å². The van der Waals surface area contributed by atoms with Gasteiger partial charge in [-0.3, -0.25) is 9.63 Å². The first-order chi connectivity index (χ1) is 6.16. The molecule has 0 spiro atoms. The number of anilines is 1. The molecule has 1 heterocycles. The van der Waals surface area contributed by atoms with Crippen molar-refractivity contribution in [3.8, 4) is 0 Å². The number of rotatable bonds is 2. The lowest BCUT2D eigenvalue weighted by Crippen LogP contribution is -2.27. The van der Waals surface area contributed by atoms with Gasteiger partial charge < -0.3 is 5.73 Å². The summed E-state index contributed by atoms with van der Waals surface area (Å²) in [4.78, 5) is 23.6. The molecule has 0 aliphatic rings. The number of carbonyl (C=O) groups is 1. The normalized spacial score (nSPS) is 9.69. The zero-order valence-corrected chi connectivity index (χ0v) is 7.39. The summed E-state index contributed by atoms with van der Waals surface area (Å²) in [6.45, 7) is 0. The van der Waals surface area contributed by atoms with Gasteiger partial charge in [0.25, 0.3) is 5.91 Å². The third kappa shape index (κ3) is 1.91. The Hall–Kier alpha value is -1.69. The Labute approximate surface area is 75.3 Å². The van der Waals surface area contributed by atoms with Gasteiger partial charge in [-0.2, -0.15) is 0 Å². The molecule has 6 heteroatoms. The molecule has 1 aromatic heterocycles. The first-order valence-electron chi connectivity index (χ1n) is 3.55. The van der Waals surface area contributed by atoms with Gasteiger partial charge in [0.1, 0.15) is 0 Å². The maximum Gasteiger partial charge on any atom is 0.299 e. The molecule has 0 aliphatic heterocycles. The topological polar surface area (TPSA) is 81.3 Å². The largest absolute Gasteiger partial charge is 0.382 e. The van der Waals surface area contributed by atoms with Crippen LogP contribution < -0.4 is 5.73 Å². The second-order valence-corrected chi connectivity index (χ2v) is 2.28. The molecule has 13 heavy (non-hydrogen) atoms. The standard InChI is InChI=1S/C7H10N4O2/c1-11(13-2)7(12)5-6(8)10-4-3-9-5/h3-4H,1-2H3,(H2,8,10). The van der Waals surface area contributed by atoms with Crippen LogP contribution >= 0.6 is 0 Å². The molecule has 1 rings (SSSR count). The van der Waals surface area contributed by atoms with Crippen LogP contribution in [0.1, 0.15) is 10.5 Å². The summed E-state index contributed by atoms with van der Waals surface area (Å²) >= 11 is 0. The van der Waals surface area contributed by atoms with Crippen molar-refractivity contribution in [1.82, 2.24) is 15.0 Å². The molecule has 0 bridgehead atoms. The van der Waals surface area contributed by atoms with Gasteiger partial charge in [0.15, 0.2) is 11.5 Å². The summed E-state index contributed by atoms with van der Waals surface area (Å²) in [7, 11) is 2.85. The van der Waals surface area contributed by atoms with Crippen LogP contribution in [0.2, 0.25) is 0 Å². The average molecular weight is 182 g/mol. The number of nitrogens with two attached hydrogens (primary N) is 1. The van der Waals surface area contributed by atoms with E-state index in [0.29, 0.717) is 0 Å². The molecule has 6 nitrogen and oxygen atoms in total. The Bertz CT molecular complexity index is 315. The van der Waals surface area contributed by atoms with Crippen LogP contribution in [-0.2, 0) is 4.84 Å². The molecule has 70 valence electrons. The molecule has 0 aromatic carbocycles. The van der Waals surface area contributed by atoms with Gasteiger partial charge in [0, 0.05) is 19.4 Å². The maximum absolute atomic E-state index is 11.4. The first kappa shape index (κ1) is 9.40. The van der Waals surface area contributed by atoms with Crippen molar-refractivity contribution in [1.29, 1.82) is 0 Å². The summed E-state index contributed by atoms with van der Waals surface area (Å²) in [5, 5.41) is 1.03. The highest BCUT2D eigenvalue weighted by atomic mass is 16.7. The van der Waals surface area contributed by atoms with E-state index in [2.05, 4.69) is 14.8 Å². The molecule has 0 fully saturated rings. The Morgan fingerprint density at radius 2 is 2.15 bits per heavy atom. The predicted octanol–water partition coefficient (Wildman–Crippen LogP) is -0.308. The highest BCUT2D eigenvalue weighted by molar-refractivity contribution is 5.95. The Kier molecular flexibility index (Phi) is 2.76. The van der Waals surface area contributed by atoms with E-state index in [0.717, 1.165) is 5.06 Å². The number of hydrogen-bond acceptors (Lipinski definition) is 5. The second kappa shape index (κ2) is 3.81. The van der Waals surface area contributed by atoms with Gasteiger partial charge in [-0.05, 0) is 0 Å². The number of nitrogen functional groups attached to an aromatic ring is 1. The van der Waals surface area contributed by atoms with Gasteiger partial charge >= 0.3 is 0 Å². The molecular weight excluding hydrogens is 172 g/mol. The lowest BCUT2D eigenvalue weighted by molar-refractivity contribution is -0.0760. The molecule has 0 aliphatic carbocycles. The summed E-state index contributed by atoms with van der Waals surface area (Å²) < 4.78 is 0. The fourth-order valence-electron chi connectivity index (χ4n) is 0.746. The van der Waals surface area contributed by atoms with Crippen molar-refractivity contribution in [2.45, 2.75) is 0 Å². The minimum Gasteiger partial charge on any atom is -0.382 e. The van der Waals surface area contributed by atoms with E-state index in [1.54, 1.807) is 0 Å². The van der Waals surface area contributed by atoms with Gasteiger partial charge in [0.2, 0.25) is 0 Å². The summed E-state index contributed by atoms with van der Waals surface area (Å²) in [6, 6.07) is 0. The van der Waals surface area contributed by atoms with Crippen molar-refractivity contribution < 1.29 is 9.63 Å². The Morgan fingerprint density at radius 3 is 2.69 bits per heavy atom.